The van der Waals surface area contributed by atoms with E-state index < -0.39 is 22.7 Å². The van der Waals surface area contributed by atoms with E-state index in [2.05, 4.69) is 26.9 Å². The van der Waals surface area contributed by atoms with Gasteiger partial charge in [-0.2, -0.15) is 9.97 Å². The number of nitrogens with zero attached hydrogens (tertiary/aromatic N) is 5. The molecule has 9 nitrogen and oxygen atoms in total. The first-order valence-electron chi connectivity index (χ1n) is 10.2. The van der Waals surface area contributed by atoms with E-state index in [1.807, 2.05) is 18.7 Å². The Hall–Kier alpha value is -2.92. The quantitative estimate of drug-likeness (QED) is 0.519. The molecule has 0 saturated carbocycles. The number of halogens is 1. The van der Waals surface area contributed by atoms with Crippen molar-refractivity contribution in [3.05, 3.63) is 42.3 Å². The van der Waals surface area contributed by atoms with Crippen molar-refractivity contribution in [3.63, 3.8) is 0 Å². The molecule has 3 aromatic rings. The predicted octanol–water partition coefficient (Wildman–Crippen LogP) is 3.78. The number of benzene rings is 1. The first-order valence-corrected chi connectivity index (χ1v) is 11.7. The number of hydrogen-bond acceptors (Lipinski definition) is 9. The van der Waals surface area contributed by atoms with Crippen LogP contribution in [-0.2, 0) is 15.5 Å². The molecule has 11 heteroatoms. The summed E-state index contributed by atoms with van der Waals surface area (Å²) < 4.78 is 42.4. The number of hydrogen-bond donors (Lipinski definition) is 0. The number of anilines is 1. The number of rotatable bonds is 7. The first-order chi connectivity index (χ1) is 15.3. The number of aromatic nitrogens is 4. The van der Waals surface area contributed by atoms with E-state index in [1.165, 1.54) is 18.4 Å². The molecular weight excluding hydrogens is 437 g/mol. The van der Waals surface area contributed by atoms with Gasteiger partial charge in [-0.15, -0.1) is 0 Å². The minimum atomic E-state index is -1.41. The van der Waals surface area contributed by atoms with Gasteiger partial charge in [-0.05, 0) is 50.5 Å². The highest BCUT2D eigenvalue weighted by Gasteiger charge is 2.27. The average molecular weight is 462 g/mol. The third-order valence-corrected chi connectivity index (χ3v) is 6.15. The van der Waals surface area contributed by atoms with Gasteiger partial charge >= 0.3 is 6.01 Å². The smallest absolute Gasteiger partial charge is 0.324 e. The van der Waals surface area contributed by atoms with Gasteiger partial charge in [0.05, 0.1) is 21.8 Å². The van der Waals surface area contributed by atoms with Gasteiger partial charge in [0.25, 0.3) is 5.89 Å². The fourth-order valence-corrected chi connectivity index (χ4v) is 4.03. The van der Waals surface area contributed by atoms with Crippen molar-refractivity contribution in [2.75, 3.05) is 24.2 Å². The van der Waals surface area contributed by atoms with Crippen LogP contribution in [0.1, 0.15) is 44.5 Å². The minimum absolute atomic E-state index is 0.0105. The molecule has 32 heavy (non-hydrogen) atoms. The van der Waals surface area contributed by atoms with Crippen molar-refractivity contribution in [3.8, 4) is 11.4 Å². The fourth-order valence-electron chi connectivity index (χ4n) is 3.44. The third-order valence-electron chi connectivity index (χ3n) is 5.20. The van der Waals surface area contributed by atoms with E-state index in [9.17, 15) is 8.60 Å². The van der Waals surface area contributed by atoms with E-state index >= 15 is 0 Å². The second kappa shape index (κ2) is 9.29. The highest BCUT2D eigenvalue weighted by Crippen LogP contribution is 2.27. The van der Waals surface area contributed by atoms with Gasteiger partial charge in [0.1, 0.15) is 11.9 Å². The second-order valence-corrected chi connectivity index (χ2v) is 9.05. The van der Waals surface area contributed by atoms with Crippen LogP contribution in [0.5, 0.6) is 0 Å². The molecule has 0 bridgehead atoms. The molecule has 1 fully saturated rings. The van der Waals surface area contributed by atoms with E-state index in [0.29, 0.717) is 36.4 Å². The molecule has 170 valence electrons. The Labute approximate surface area is 187 Å². The van der Waals surface area contributed by atoms with Crippen LogP contribution in [0.3, 0.4) is 0 Å². The van der Waals surface area contributed by atoms with Gasteiger partial charge < -0.3 is 18.7 Å². The van der Waals surface area contributed by atoms with Gasteiger partial charge in [0, 0.05) is 24.9 Å². The molecule has 0 spiro atoms. The van der Waals surface area contributed by atoms with Crippen molar-refractivity contribution in [2.45, 2.75) is 43.8 Å². The summed E-state index contributed by atoms with van der Waals surface area (Å²) in [6, 6.07) is 4.82. The number of ether oxygens (including phenoxy) is 1. The summed E-state index contributed by atoms with van der Waals surface area (Å²) in [5, 5.41) is 7.85. The lowest BCUT2D eigenvalue weighted by Crippen LogP contribution is -2.37. The molecule has 0 aliphatic carbocycles. The Morgan fingerprint density at radius 2 is 2.03 bits per heavy atom. The lowest BCUT2D eigenvalue weighted by atomic mass is 10.1. The molecule has 2 aromatic heterocycles. The van der Waals surface area contributed by atoms with Crippen molar-refractivity contribution in [2.24, 2.45) is 0 Å². The van der Waals surface area contributed by atoms with Crippen LogP contribution >= 0.6 is 0 Å². The van der Waals surface area contributed by atoms with E-state index in [0.717, 1.165) is 18.4 Å². The molecule has 1 unspecified atom stereocenters. The highest BCUT2D eigenvalue weighted by atomic mass is 32.2. The molecular formula is C21H24FN5O4S. The first kappa shape index (κ1) is 22.3. The highest BCUT2D eigenvalue weighted by molar-refractivity contribution is 7.84. The summed E-state index contributed by atoms with van der Waals surface area (Å²) in [4.78, 5) is 10.9. The number of allylic oxidation sites excluding steroid dienone is 1. The molecule has 1 saturated heterocycles. The maximum Gasteiger partial charge on any atom is 0.324 e. The summed E-state index contributed by atoms with van der Waals surface area (Å²) in [6.45, 7) is 8.92. The zero-order valence-electron chi connectivity index (χ0n) is 18.1. The third kappa shape index (κ3) is 4.78. The molecule has 1 aromatic carbocycles. The Morgan fingerprint density at radius 3 is 2.66 bits per heavy atom. The predicted molar refractivity (Wildman–Crippen MR) is 116 cm³/mol. The van der Waals surface area contributed by atoms with E-state index in [1.54, 1.807) is 6.07 Å². The van der Waals surface area contributed by atoms with Crippen molar-refractivity contribution in [1.82, 2.24) is 20.3 Å². The number of piperidine rings is 1. The van der Waals surface area contributed by atoms with Crippen molar-refractivity contribution >= 4 is 22.4 Å². The molecule has 1 aliphatic heterocycles. The topological polar surface area (TPSA) is 107 Å². The second-order valence-electron chi connectivity index (χ2n) is 7.70. The summed E-state index contributed by atoms with van der Waals surface area (Å²) >= 11 is 0. The Bertz CT molecular complexity index is 1140. The lowest BCUT2D eigenvalue weighted by Gasteiger charge is -2.31. The molecule has 0 amide bonds. The molecule has 4 rings (SSSR count). The largest absolute Gasteiger partial charge is 0.365 e. The average Bonchev–Trinajstić information content (AvgIpc) is 3.44. The molecule has 3 heterocycles. The molecule has 0 N–H and O–H groups in total. The van der Waals surface area contributed by atoms with E-state index in [4.69, 9.17) is 13.8 Å². The maximum atomic E-state index is 14.1. The lowest BCUT2D eigenvalue weighted by molar-refractivity contribution is -0.0303. The zero-order valence-corrected chi connectivity index (χ0v) is 18.9. The Morgan fingerprint density at radius 1 is 1.28 bits per heavy atom. The van der Waals surface area contributed by atoms with Gasteiger partial charge in [-0.25, -0.2) is 4.39 Å². The van der Waals surface area contributed by atoms with Crippen LogP contribution in [0.4, 0.5) is 10.4 Å². The van der Waals surface area contributed by atoms with Crippen molar-refractivity contribution < 1.29 is 22.4 Å². The summed E-state index contributed by atoms with van der Waals surface area (Å²) in [6.07, 6.45) is 2.57. The van der Waals surface area contributed by atoms with Crippen LogP contribution in [-0.4, -0.2) is 49.9 Å². The van der Waals surface area contributed by atoms with Gasteiger partial charge in [-0.1, -0.05) is 16.9 Å². The van der Waals surface area contributed by atoms with Crippen LogP contribution < -0.4 is 4.90 Å². The maximum absolute atomic E-state index is 14.1. The minimum Gasteiger partial charge on any atom is -0.365 e. The van der Waals surface area contributed by atoms with Crippen LogP contribution in [0.25, 0.3) is 17.0 Å². The zero-order chi connectivity index (χ0) is 22.8. The van der Waals surface area contributed by atoms with Gasteiger partial charge in [0.15, 0.2) is 5.82 Å². The summed E-state index contributed by atoms with van der Waals surface area (Å²) in [5.41, 5.74) is 1.20. The normalized spacial score (nSPS) is 16.8. The van der Waals surface area contributed by atoms with E-state index in [-0.39, 0.29) is 16.8 Å². The fraction of sp³-hybridized carbons (Fsp3) is 0.429. The molecule has 1 aliphatic rings. The van der Waals surface area contributed by atoms with Gasteiger partial charge in [-0.3, -0.25) is 4.21 Å². The monoisotopic (exact) mass is 461 g/mol. The van der Waals surface area contributed by atoms with Crippen molar-refractivity contribution in [1.29, 1.82) is 0 Å². The van der Waals surface area contributed by atoms with Crippen LogP contribution in [0, 0.1) is 5.82 Å². The SMILES string of the molecule is C=C(C)c1noc(N2CCC(O[C@H](C)c3nc(-c4ccc(S(C)=O)c(F)c4)no3)CC2)n1. The Kier molecular flexibility index (Phi) is 6.47. The molecule has 2 atom stereocenters. The van der Waals surface area contributed by atoms with Crippen LogP contribution in [0.15, 0.2) is 38.7 Å². The Balaban J connectivity index is 1.34. The van der Waals surface area contributed by atoms with Gasteiger partial charge in [0.2, 0.25) is 5.82 Å². The summed E-state index contributed by atoms with van der Waals surface area (Å²) in [5.74, 6) is 0.510. The van der Waals surface area contributed by atoms with Crippen LogP contribution in [0.2, 0.25) is 0 Å². The molecule has 0 radical (unpaired) electrons. The summed E-state index contributed by atoms with van der Waals surface area (Å²) in [7, 11) is -1.41. The standard InChI is InChI=1S/C21H24FN5O4S/c1-12(2)18-24-21(31-25-18)27-9-7-15(8-10-27)29-13(3)20-23-19(26-30-20)14-5-6-17(32(4)28)16(22)11-14/h5-6,11,13,15H,1,7-10H2,2-4H3/t13-,32?/m1/s1.